The van der Waals surface area contributed by atoms with Gasteiger partial charge in [0.2, 0.25) is 0 Å². The lowest BCUT2D eigenvalue weighted by Crippen LogP contribution is -2.07. The molecule has 0 saturated carbocycles. The quantitative estimate of drug-likeness (QED) is 0.291. The molecule has 4 aromatic rings. The molecule has 0 amide bonds. The van der Waals surface area contributed by atoms with E-state index in [0.29, 0.717) is 28.0 Å². The average Bonchev–Trinajstić information content (AvgIpc) is 3.17. The summed E-state index contributed by atoms with van der Waals surface area (Å²) in [6, 6.07) is 14.9. The zero-order valence-electron chi connectivity index (χ0n) is 15.6. The zero-order chi connectivity index (χ0) is 21.3. The van der Waals surface area contributed by atoms with Crippen LogP contribution in [0.2, 0.25) is 0 Å². The molecule has 9 heteroatoms. The molecule has 0 unspecified atom stereocenters. The van der Waals surface area contributed by atoms with Gasteiger partial charge in [-0.05, 0) is 12.1 Å². The number of carbonyl (C=O) groups is 1. The largest absolute Gasteiger partial charge is 0.465 e. The normalized spacial score (nSPS) is 10.5. The van der Waals surface area contributed by atoms with E-state index < -0.39 is 10.9 Å². The fourth-order valence-electron chi connectivity index (χ4n) is 3.27. The van der Waals surface area contributed by atoms with Crippen molar-refractivity contribution in [2.75, 3.05) is 7.11 Å². The third kappa shape index (κ3) is 3.02. The van der Waals surface area contributed by atoms with Crippen molar-refractivity contribution < 1.29 is 14.5 Å². The Morgan fingerprint density at radius 3 is 2.73 bits per heavy atom. The molecule has 0 aliphatic rings. The molecule has 0 bridgehead atoms. The Labute approximate surface area is 170 Å². The number of para-hydroxylation sites is 1. The number of nitro groups is 1. The molecular formula is C21H13N5O4. The maximum atomic E-state index is 12.3. The monoisotopic (exact) mass is 399 g/mol. The van der Waals surface area contributed by atoms with Crippen molar-refractivity contribution in [2.45, 2.75) is 0 Å². The zero-order valence-corrected chi connectivity index (χ0v) is 15.6. The molecule has 4 rings (SSSR count). The van der Waals surface area contributed by atoms with Gasteiger partial charge in [0.25, 0.3) is 5.69 Å². The summed E-state index contributed by atoms with van der Waals surface area (Å²) in [6.45, 7) is 0. The molecule has 9 nitrogen and oxygen atoms in total. The highest BCUT2D eigenvalue weighted by Crippen LogP contribution is 2.33. The molecular weight excluding hydrogens is 386 g/mol. The van der Waals surface area contributed by atoms with Gasteiger partial charge in [0.1, 0.15) is 17.9 Å². The Bertz CT molecular complexity index is 1350. The molecule has 2 aromatic heterocycles. The molecule has 0 N–H and O–H groups in total. The van der Waals surface area contributed by atoms with Crippen LogP contribution in [0, 0.1) is 21.4 Å². The number of nitro benzene ring substituents is 1. The van der Waals surface area contributed by atoms with Gasteiger partial charge >= 0.3 is 5.97 Å². The molecule has 2 aromatic carbocycles. The number of rotatable bonds is 4. The summed E-state index contributed by atoms with van der Waals surface area (Å²) in [6.07, 6.45) is 2.86. The van der Waals surface area contributed by atoms with Crippen LogP contribution in [0.15, 0.2) is 61.1 Å². The van der Waals surface area contributed by atoms with E-state index in [4.69, 9.17) is 4.74 Å². The third-order valence-electron chi connectivity index (χ3n) is 4.60. The lowest BCUT2D eigenvalue weighted by Gasteiger charge is -2.12. The molecule has 0 fully saturated rings. The molecule has 0 aliphatic carbocycles. The minimum Gasteiger partial charge on any atom is -0.465 e. The van der Waals surface area contributed by atoms with Crippen LogP contribution in [0.4, 0.5) is 5.69 Å². The molecule has 146 valence electrons. The Kier molecular flexibility index (Phi) is 4.66. The Hall–Kier alpha value is -4.58. The molecule has 30 heavy (non-hydrogen) atoms. The molecule has 0 radical (unpaired) electrons. The molecule has 0 atom stereocenters. The van der Waals surface area contributed by atoms with E-state index in [1.54, 1.807) is 47.2 Å². The highest BCUT2D eigenvalue weighted by atomic mass is 16.6. The predicted molar refractivity (Wildman–Crippen MR) is 107 cm³/mol. The lowest BCUT2D eigenvalue weighted by atomic mass is 10.1. The minimum atomic E-state index is -0.542. The number of fused-ring (bicyclic) bond motifs is 1. The minimum absolute atomic E-state index is 0.0900. The maximum Gasteiger partial charge on any atom is 0.339 e. The molecule has 2 heterocycles. The van der Waals surface area contributed by atoms with Gasteiger partial charge in [0, 0.05) is 23.9 Å². The first-order chi connectivity index (χ1) is 14.5. The van der Waals surface area contributed by atoms with Crippen LogP contribution in [-0.2, 0) is 4.74 Å². The average molecular weight is 399 g/mol. The predicted octanol–water partition coefficient (Wildman–Crippen LogP) is 3.65. The lowest BCUT2D eigenvalue weighted by molar-refractivity contribution is -0.384. The second kappa shape index (κ2) is 7.44. The van der Waals surface area contributed by atoms with Gasteiger partial charge in [0.05, 0.1) is 40.1 Å². The van der Waals surface area contributed by atoms with Crippen LogP contribution in [0.25, 0.3) is 28.0 Å². The van der Waals surface area contributed by atoms with Crippen LogP contribution in [0.3, 0.4) is 0 Å². The van der Waals surface area contributed by atoms with Crippen molar-refractivity contribution in [3.05, 3.63) is 82.3 Å². The van der Waals surface area contributed by atoms with Crippen LogP contribution >= 0.6 is 0 Å². The van der Waals surface area contributed by atoms with Gasteiger partial charge < -0.3 is 9.30 Å². The Morgan fingerprint density at radius 1 is 1.20 bits per heavy atom. The fourth-order valence-corrected chi connectivity index (χ4v) is 3.27. The highest BCUT2D eigenvalue weighted by Gasteiger charge is 2.21. The SMILES string of the molecule is COC(=O)c1ccccc1-n1cc(C#N)c2ncnc(-c3cccc([N+](=O)[O-])c3)c21. The van der Waals surface area contributed by atoms with E-state index in [0.717, 1.165) is 0 Å². The first-order valence-electron chi connectivity index (χ1n) is 8.74. The first kappa shape index (κ1) is 18.8. The standard InChI is InChI=1S/C21H13N5O4/c1-30-21(27)16-7-2-3-8-17(16)25-11-14(10-22)19-20(25)18(23-12-24-19)13-5-4-6-15(9-13)26(28)29/h2-9,11-12H,1H3. The van der Waals surface area contributed by atoms with Crippen LogP contribution in [0.5, 0.6) is 0 Å². The van der Waals surface area contributed by atoms with Crippen molar-refractivity contribution in [1.82, 2.24) is 14.5 Å². The van der Waals surface area contributed by atoms with Crippen LogP contribution in [0.1, 0.15) is 15.9 Å². The number of benzene rings is 2. The van der Waals surface area contributed by atoms with Gasteiger partial charge in [-0.2, -0.15) is 5.26 Å². The second-order valence-corrected chi connectivity index (χ2v) is 6.26. The number of carbonyl (C=O) groups excluding carboxylic acids is 1. The fraction of sp³-hybridized carbons (Fsp3) is 0.0476. The van der Waals surface area contributed by atoms with E-state index >= 15 is 0 Å². The summed E-state index contributed by atoms with van der Waals surface area (Å²) >= 11 is 0. The van der Waals surface area contributed by atoms with E-state index in [1.807, 2.05) is 0 Å². The Morgan fingerprint density at radius 2 is 2.00 bits per heavy atom. The summed E-state index contributed by atoms with van der Waals surface area (Å²) in [4.78, 5) is 31.6. The Balaban J connectivity index is 2.07. The molecule has 0 saturated heterocycles. The van der Waals surface area contributed by atoms with Gasteiger partial charge in [0.15, 0.2) is 0 Å². The van der Waals surface area contributed by atoms with E-state index in [-0.39, 0.29) is 16.8 Å². The van der Waals surface area contributed by atoms with Gasteiger partial charge in [-0.15, -0.1) is 0 Å². The maximum absolute atomic E-state index is 12.3. The number of nitrogens with zero attached hydrogens (tertiary/aromatic N) is 5. The van der Waals surface area contributed by atoms with Crippen molar-refractivity contribution in [3.8, 4) is 23.0 Å². The van der Waals surface area contributed by atoms with E-state index in [2.05, 4.69) is 16.0 Å². The number of methoxy groups -OCH3 is 1. The van der Waals surface area contributed by atoms with Gasteiger partial charge in [-0.1, -0.05) is 24.3 Å². The highest BCUT2D eigenvalue weighted by molar-refractivity contribution is 5.98. The van der Waals surface area contributed by atoms with Crippen molar-refractivity contribution in [2.24, 2.45) is 0 Å². The summed E-state index contributed by atoms with van der Waals surface area (Å²) in [5, 5.41) is 20.8. The van der Waals surface area contributed by atoms with Crippen molar-refractivity contribution in [1.29, 1.82) is 5.26 Å². The first-order valence-corrected chi connectivity index (χ1v) is 8.74. The molecule has 0 spiro atoms. The number of aromatic nitrogens is 3. The third-order valence-corrected chi connectivity index (χ3v) is 4.60. The number of esters is 1. The van der Waals surface area contributed by atoms with Gasteiger partial charge in [-0.3, -0.25) is 10.1 Å². The topological polar surface area (TPSA) is 124 Å². The summed E-state index contributed by atoms with van der Waals surface area (Å²) < 4.78 is 6.51. The van der Waals surface area contributed by atoms with Gasteiger partial charge in [-0.25, -0.2) is 14.8 Å². The van der Waals surface area contributed by atoms with E-state index in [9.17, 15) is 20.2 Å². The molecule has 0 aliphatic heterocycles. The number of nitriles is 1. The number of ether oxygens (including phenoxy) is 1. The van der Waals surface area contributed by atoms with Crippen molar-refractivity contribution in [3.63, 3.8) is 0 Å². The summed E-state index contributed by atoms with van der Waals surface area (Å²) in [5.74, 6) is -0.542. The number of hydrogen-bond donors (Lipinski definition) is 0. The number of non-ortho nitro benzene ring substituents is 1. The van der Waals surface area contributed by atoms with Crippen molar-refractivity contribution >= 4 is 22.7 Å². The van der Waals surface area contributed by atoms with Crippen LogP contribution < -0.4 is 0 Å². The van der Waals surface area contributed by atoms with Crippen LogP contribution in [-0.4, -0.2) is 32.5 Å². The summed E-state index contributed by atoms with van der Waals surface area (Å²) in [5.41, 5.74) is 2.64. The number of hydrogen-bond acceptors (Lipinski definition) is 7. The summed E-state index contributed by atoms with van der Waals surface area (Å²) in [7, 11) is 1.28. The second-order valence-electron chi connectivity index (χ2n) is 6.26. The smallest absolute Gasteiger partial charge is 0.339 e. The van der Waals surface area contributed by atoms with E-state index in [1.165, 1.54) is 25.6 Å².